The Labute approximate surface area is 361 Å². The van der Waals surface area contributed by atoms with Crippen LogP contribution in [0.3, 0.4) is 0 Å². The minimum absolute atomic E-state index is 0.0296. The zero-order valence-corrected chi connectivity index (χ0v) is 36.9. The average Bonchev–Trinajstić information content (AvgIpc) is 3.92. The number of carbonyl (C=O) groups is 6. The van der Waals surface area contributed by atoms with Gasteiger partial charge in [0.2, 0.25) is 17.7 Å². The second-order valence-electron chi connectivity index (χ2n) is 16.8. The number of benzene rings is 1. The first-order chi connectivity index (χ1) is 28.7. The summed E-state index contributed by atoms with van der Waals surface area (Å²) in [4.78, 5) is 82.6. The fourth-order valence-electron chi connectivity index (χ4n) is 8.32. The number of alkyl carbamates (subject to hydrolysis) is 1. The molecule has 3 N–H and O–H groups in total. The Morgan fingerprint density at radius 3 is 2.46 bits per heavy atom. The number of amides is 4. The van der Waals surface area contributed by atoms with Crippen molar-refractivity contribution >= 4 is 53.0 Å². The summed E-state index contributed by atoms with van der Waals surface area (Å²) in [5, 5.41) is 23.7. The van der Waals surface area contributed by atoms with Crippen molar-refractivity contribution in [1.29, 1.82) is 0 Å². The van der Waals surface area contributed by atoms with E-state index in [1.54, 1.807) is 50.1 Å². The lowest BCUT2D eigenvalue weighted by Gasteiger charge is -2.42. The number of methoxy groups -OCH3 is 2. The van der Waals surface area contributed by atoms with E-state index < -0.39 is 83.5 Å². The number of hydrogen-bond donors (Lipinski definition) is 3. The molecule has 17 nitrogen and oxygen atoms in total. The number of likely N-dealkylation sites (tertiary alicyclic amines) is 1. The number of carboxylic acids is 1. The number of anilines is 1. The standard InChI is InChI=1S/C43H59ClN4O13/c1-24-11-9-12-32(58-8)43(56)23-31(59-41(55)45-43)25(2)38-42(4,61-38)33(22-36(51)47(6)29-20-27(19-24)21-30(57-7)37(29)44)60-40(54)26(3)46(5)34(49)13-10-14-35(50)48-17-15-28(16-18-48)39(52)53/h9,11-12,20-21,25-26,28,31-33,38,56H,10,13-19,22-23H2,1-8H3,(H,45,55)(H,52,53)/b12-9+,24-11+/t25-,26+,31+,32-,33+,38+,42+,43+/m1/s1. The Balaban J connectivity index is 1.37. The predicted molar refractivity (Wildman–Crippen MR) is 222 cm³/mol. The Morgan fingerprint density at radius 1 is 1.13 bits per heavy atom. The Hall–Kier alpha value is -4.71. The highest BCUT2D eigenvalue weighted by Gasteiger charge is 2.64. The number of esters is 1. The Bertz CT molecular complexity index is 1920. The third-order valence-electron chi connectivity index (χ3n) is 12.5. The Kier molecular flexibility index (Phi) is 15.2. The predicted octanol–water partition coefficient (Wildman–Crippen LogP) is 4.01. The van der Waals surface area contributed by atoms with Gasteiger partial charge >= 0.3 is 18.0 Å². The van der Waals surface area contributed by atoms with Crippen molar-refractivity contribution in [3.63, 3.8) is 0 Å². The first-order valence-electron chi connectivity index (χ1n) is 20.6. The van der Waals surface area contributed by atoms with E-state index in [-0.39, 0.29) is 43.0 Å². The lowest BCUT2D eigenvalue weighted by molar-refractivity contribution is -0.162. The summed E-state index contributed by atoms with van der Waals surface area (Å²) in [6.45, 7) is 7.54. The highest BCUT2D eigenvalue weighted by atomic mass is 35.5. The average molecular weight is 875 g/mol. The van der Waals surface area contributed by atoms with E-state index in [0.29, 0.717) is 43.8 Å². The minimum Gasteiger partial charge on any atom is -0.495 e. The van der Waals surface area contributed by atoms with Crippen LogP contribution in [0.1, 0.15) is 78.2 Å². The molecule has 4 heterocycles. The molecule has 61 heavy (non-hydrogen) atoms. The number of nitrogens with zero attached hydrogens (tertiary/aromatic N) is 3. The van der Waals surface area contributed by atoms with Gasteiger partial charge in [0.25, 0.3) is 0 Å². The van der Waals surface area contributed by atoms with Crippen LogP contribution in [0.5, 0.6) is 5.75 Å². The normalized spacial score (nSPS) is 30.4. The highest BCUT2D eigenvalue weighted by Crippen LogP contribution is 2.49. The molecule has 8 atom stereocenters. The van der Waals surface area contributed by atoms with Gasteiger partial charge in [-0.1, -0.05) is 42.3 Å². The number of allylic oxidation sites excluding steroid dienone is 3. The third kappa shape index (κ3) is 10.9. The van der Waals surface area contributed by atoms with Crippen molar-refractivity contribution < 1.29 is 62.7 Å². The summed E-state index contributed by atoms with van der Waals surface area (Å²) in [6, 6.07) is 2.44. The highest BCUT2D eigenvalue weighted by molar-refractivity contribution is 6.35. The van der Waals surface area contributed by atoms with E-state index >= 15 is 0 Å². The SMILES string of the molecule is COc1cc2cc(c1Cl)N(C)C(=O)C[C@H](OC(=O)[C@H](C)N(C)C(=O)CCCC(=O)N1CCC(C(=O)O)CC1)[C@]1(C)O[C@H]1[C@H](C)[C@@H]1C[C@@](O)(NC(=O)O1)[C@H](OC)/C=C/C=C(\C)C2. The molecule has 3 saturated heterocycles. The molecule has 0 radical (unpaired) electrons. The summed E-state index contributed by atoms with van der Waals surface area (Å²) in [5.41, 5.74) is -1.11. The molecule has 1 aromatic carbocycles. The zero-order valence-electron chi connectivity index (χ0n) is 36.1. The molecule has 0 unspecified atom stereocenters. The molecule has 336 valence electrons. The van der Waals surface area contributed by atoms with E-state index in [1.807, 2.05) is 13.0 Å². The number of nitrogens with one attached hydrogen (secondary N) is 1. The van der Waals surface area contributed by atoms with Crippen molar-refractivity contribution in [1.82, 2.24) is 15.1 Å². The molecule has 0 spiro atoms. The van der Waals surface area contributed by atoms with Crippen LogP contribution in [0.25, 0.3) is 0 Å². The van der Waals surface area contributed by atoms with E-state index in [1.165, 1.54) is 38.0 Å². The molecule has 0 saturated carbocycles. The third-order valence-corrected chi connectivity index (χ3v) is 12.9. The second-order valence-corrected chi connectivity index (χ2v) is 17.1. The number of hydrogen-bond acceptors (Lipinski definition) is 12. The molecule has 4 amide bonds. The fraction of sp³-hybridized carbons (Fsp3) is 0.628. The molecule has 0 aromatic heterocycles. The molecule has 1 aromatic rings. The number of fused-ring (bicyclic) bond motifs is 5. The number of ether oxygens (including phenoxy) is 5. The molecule has 4 aliphatic heterocycles. The van der Waals surface area contributed by atoms with Crippen LogP contribution in [0.2, 0.25) is 5.02 Å². The Morgan fingerprint density at radius 2 is 1.82 bits per heavy atom. The van der Waals surface area contributed by atoms with Crippen LogP contribution >= 0.6 is 11.6 Å². The van der Waals surface area contributed by atoms with Crippen molar-refractivity contribution in [2.75, 3.05) is 46.3 Å². The van der Waals surface area contributed by atoms with Crippen LogP contribution in [-0.2, 0) is 49.3 Å². The van der Waals surface area contributed by atoms with E-state index in [4.69, 9.17) is 35.3 Å². The maximum Gasteiger partial charge on any atom is 0.409 e. The number of piperidine rings is 1. The molecule has 3 fully saturated rings. The number of likely N-dealkylation sites (N-methyl/N-ethyl adjacent to an activating group) is 1. The number of epoxide rings is 1. The maximum atomic E-state index is 14.2. The van der Waals surface area contributed by atoms with Gasteiger partial charge in [-0.15, -0.1) is 0 Å². The van der Waals surface area contributed by atoms with E-state index in [2.05, 4.69) is 5.32 Å². The van der Waals surface area contributed by atoms with E-state index in [9.17, 15) is 39.0 Å². The minimum atomic E-state index is -1.86. The van der Waals surface area contributed by atoms with Gasteiger partial charge in [-0.05, 0) is 64.2 Å². The van der Waals surface area contributed by atoms with Crippen molar-refractivity contribution in [3.8, 4) is 5.75 Å². The summed E-state index contributed by atoms with van der Waals surface area (Å²) in [7, 11) is 5.88. The number of rotatable bonds is 10. The van der Waals surface area contributed by atoms with Gasteiger partial charge < -0.3 is 48.6 Å². The lowest BCUT2D eigenvalue weighted by atomic mass is 9.83. The van der Waals surface area contributed by atoms with Crippen LogP contribution in [-0.4, -0.2) is 139 Å². The van der Waals surface area contributed by atoms with Gasteiger partial charge in [0.05, 0.1) is 31.2 Å². The number of carbonyl (C=O) groups excluding carboxylic acids is 5. The van der Waals surface area contributed by atoms with Crippen LogP contribution in [0.4, 0.5) is 10.5 Å². The summed E-state index contributed by atoms with van der Waals surface area (Å²) in [5.74, 6) is -3.44. The molecule has 5 rings (SSSR count). The quantitative estimate of drug-likeness (QED) is 0.224. The van der Waals surface area contributed by atoms with Crippen molar-refractivity contribution in [2.45, 2.75) is 121 Å². The summed E-state index contributed by atoms with van der Waals surface area (Å²) < 4.78 is 29.3. The lowest BCUT2D eigenvalue weighted by Crippen LogP contribution is -2.63. The number of carboxylic acid groups (broad SMARTS) is 1. The van der Waals surface area contributed by atoms with Crippen LogP contribution in [0.15, 0.2) is 35.9 Å². The number of aliphatic carboxylic acids is 1. The number of halogens is 1. The summed E-state index contributed by atoms with van der Waals surface area (Å²) in [6.07, 6.45) is 1.56. The van der Waals surface area contributed by atoms with Gasteiger partial charge in [0.1, 0.15) is 40.7 Å². The smallest absolute Gasteiger partial charge is 0.409 e. The molecule has 0 aliphatic carbocycles. The van der Waals surface area contributed by atoms with Gasteiger partial charge in [0, 0.05) is 59.5 Å². The molecule has 18 heteroatoms. The van der Waals surface area contributed by atoms with Crippen LogP contribution in [0, 0.1) is 11.8 Å². The molecular formula is C43H59ClN4O13. The van der Waals surface area contributed by atoms with Crippen molar-refractivity contribution in [3.05, 3.63) is 46.5 Å². The fourth-order valence-corrected chi connectivity index (χ4v) is 8.63. The topological polar surface area (TPSA) is 214 Å². The molecular weight excluding hydrogens is 816 g/mol. The second kappa shape index (κ2) is 19.6. The van der Waals surface area contributed by atoms with Gasteiger partial charge in [-0.3, -0.25) is 24.5 Å². The van der Waals surface area contributed by atoms with Gasteiger partial charge in [0.15, 0.2) is 5.72 Å². The number of aliphatic hydroxyl groups is 1. The van der Waals surface area contributed by atoms with Crippen molar-refractivity contribution in [2.24, 2.45) is 11.8 Å². The van der Waals surface area contributed by atoms with E-state index in [0.717, 1.165) is 11.1 Å². The van der Waals surface area contributed by atoms with Gasteiger partial charge in [-0.25, -0.2) is 9.59 Å². The van der Waals surface area contributed by atoms with Crippen LogP contribution < -0.4 is 15.0 Å². The zero-order chi connectivity index (χ0) is 45.0. The monoisotopic (exact) mass is 874 g/mol. The van der Waals surface area contributed by atoms with Gasteiger partial charge in [-0.2, -0.15) is 0 Å². The first kappa shape index (κ1) is 47.3. The largest absolute Gasteiger partial charge is 0.495 e. The molecule has 4 bridgehead atoms. The summed E-state index contributed by atoms with van der Waals surface area (Å²) >= 11 is 6.78. The molecule has 4 aliphatic rings. The maximum absolute atomic E-state index is 14.2. The first-order valence-corrected chi connectivity index (χ1v) is 21.0.